The second-order valence-electron chi connectivity index (χ2n) is 6.08. The Morgan fingerprint density at radius 3 is 3.08 bits per heavy atom. The van der Waals surface area contributed by atoms with Crippen LogP contribution in [0.2, 0.25) is 0 Å². The summed E-state index contributed by atoms with van der Waals surface area (Å²) in [6, 6.07) is 1.99. The van der Waals surface area contributed by atoms with E-state index in [-0.39, 0.29) is 11.8 Å². The lowest BCUT2D eigenvalue weighted by atomic mass is 9.93. The Morgan fingerprint density at radius 1 is 1.46 bits per heavy atom. The number of methoxy groups -OCH3 is 1. The molecular formula is C17H23N5O2. The number of likely N-dealkylation sites (tertiary alicyclic amines) is 1. The van der Waals surface area contributed by atoms with E-state index in [2.05, 4.69) is 19.9 Å². The van der Waals surface area contributed by atoms with Gasteiger partial charge in [-0.25, -0.2) is 15.0 Å². The van der Waals surface area contributed by atoms with Crippen molar-refractivity contribution in [3.05, 3.63) is 30.0 Å². The highest BCUT2D eigenvalue weighted by Crippen LogP contribution is 2.27. The fraction of sp³-hybridized carbons (Fsp3) is 0.529. The van der Waals surface area contributed by atoms with Crippen LogP contribution in [0.15, 0.2) is 18.5 Å². The molecule has 1 aliphatic rings. The third-order valence-corrected chi connectivity index (χ3v) is 4.31. The van der Waals surface area contributed by atoms with Crippen LogP contribution >= 0.6 is 0 Å². The van der Waals surface area contributed by atoms with E-state index < -0.39 is 0 Å². The zero-order valence-corrected chi connectivity index (χ0v) is 14.2. The minimum atomic E-state index is 0.151. The fourth-order valence-electron chi connectivity index (χ4n) is 3.12. The number of ether oxygens (including phenoxy) is 1. The number of aromatic amines is 1. The maximum atomic E-state index is 12.3. The molecule has 128 valence electrons. The second-order valence-corrected chi connectivity index (χ2v) is 6.08. The summed E-state index contributed by atoms with van der Waals surface area (Å²) in [6.07, 6.45) is 5.95. The van der Waals surface area contributed by atoms with Crippen LogP contribution in [0, 0.1) is 6.92 Å². The molecule has 0 unspecified atom stereocenters. The third kappa shape index (κ3) is 3.79. The van der Waals surface area contributed by atoms with E-state index in [0.29, 0.717) is 19.6 Å². The Balaban J connectivity index is 1.77. The fourth-order valence-corrected chi connectivity index (χ4v) is 3.12. The van der Waals surface area contributed by atoms with E-state index in [4.69, 9.17) is 4.74 Å². The van der Waals surface area contributed by atoms with Gasteiger partial charge in [-0.3, -0.25) is 4.79 Å². The number of nitrogens with one attached hydrogen (secondary N) is 1. The molecule has 1 fully saturated rings. The van der Waals surface area contributed by atoms with Crippen molar-refractivity contribution >= 4 is 5.91 Å². The Kier molecular flexibility index (Phi) is 5.20. The Hall–Kier alpha value is -2.28. The molecule has 3 rings (SSSR count). The van der Waals surface area contributed by atoms with Gasteiger partial charge in [0.15, 0.2) is 5.82 Å². The first kappa shape index (κ1) is 16.6. The smallest absolute Gasteiger partial charge is 0.224 e. The molecule has 1 N–H and O–H groups in total. The molecule has 3 heterocycles. The van der Waals surface area contributed by atoms with E-state index in [1.807, 2.05) is 17.9 Å². The number of aromatic nitrogens is 4. The molecule has 7 heteroatoms. The maximum absolute atomic E-state index is 12.3. The summed E-state index contributed by atoms with van der Waals surface area (Å²) >= 11 is 0. The molecule has 1 amide bonds. The number of nitrogens with zero attached hydrogens (tertiary/aromatic N) is 4. The average molecular weight is 329 g/mol. The number of imidazole rings is 1. The van der Waals surface area contributed by atoms with Crippen molar-refractivity contribution in [1.82, 2.24) is 24.8 Å². The van der Waals surface area contributed by atoms with Crippen molar-refractivity contribution in [2.75, 3.05) is 26.8 Å². The van der Waals surface area contributed by atoms with Gasteiger partial charge in [0, 0.05) is 44.2 Å². The molecule has 1 atom stereocenters. The van der Waals surface area contributed by atoms with Gasteiger partial charge in [-0.1, -0.05) is 0 Å². The molecule has 2 aromatic heterocycles. The van der Waals surface area contributed by atoms with Crippen LogP contribution in [0.5, 0.6) is 0 Å². The van der Waals surface area contributed by atoms with Gasteiger partial charge in [-0.2, -0.15) is 0 Å². The highest BCUT2D eigenvalue weighted by molar-refractivity contribution is 5.76. The van der Waals surface area contributed by atoms with Gasteiger partial charge in [0.25, 0.3) is 0 Å². The Labute approximate surface area is 141 Å². The lowest BCUT2D eigenvalue weighted by molar-refractivity contribution is -0.133. The largest absolute Gasteiger partial charge is 0.384 e. The van der Waals surface area contributed by atoms with Gasteiger partial charge in [-0.05, 0) is 25.8 Å². The summed E-state index contributed by atoms with van der Waals surface area (Å²) < 4.78 is 5.01. The van der Waals surface area contributed by atoms with Gasteiger partial charge in [0.2, 0.25) is 5.91 Å². The number of piperidine rings is 1. The molecule has 0 saturated carbocycles. The number of aryl methyl sites for hydroxylation is 1. The summed E-state index contributed by atoms with van der Waals surface area (Å²) in [5.74, 6) is 1.85. The SMILES string of the molecule is COCCC(=O)N1CCC[C@H](c2cc(-c3ncc[nH]3)nc(C)n2)C1. The van der Waals surface area contributed by atoms with E-state index >= 15 is 0 Å². The number of amides is 1. The molecular weight excluding hydrogens is 306 g/mol. The minimum absolute atomic E-state index is 0.151. The summed E-state index contributed by atoms with van der Waals surface area (Å²) in [6.45, 7) is 3.88. The molecule has 7 nitrogen and oxygen atoms in total. The molecule has 0 radical (unpaired) electrons. The first-order valence-electron chi connectivity index (χ1n) is 8.29. The van der Waals surface area contributed by atoms with Crippen LogP contribution in [0.3, 0.4) is 0 Å². The monoisotopic (exact) mass is 329 g/mol. The van der Waals surface area contributed by atoms with Gasteiger partial charge in [-0.15, -0.1) is 0 Å². The Bertz CT molecular complexity index is 686. The third-order valence-electron chi connectivity index (χ3n) is 4.31. The maximum Gasteiger partial charge on any atom is 0.224 e. The number of H-pyrrole nitrogens is 1. The number of rotatable bonds is 5. The topological polar surface area (TPSA) is 84.0 Å². The predicted molar refractivity (Wildman–Crippen MR) is 89.4 cm³/mol. The number of hydrogen-bond acceptors (Lipinski definition) is 5. The zero-order valence-electron chi connectivity index (χ0n) is 14.2. The molecule has 0 spiro atoms. The number of carbonyl (C=O) groups excluding carboxylic acids is 1. The van der Waals surface area contributed by atoms with Crippen LogP contribution in [0.1, 0.15) is 36.7 Å². The molecule has 1 saturated heterocycles. The normalized spacial score (nSPS) is 17.9. The predicted octanol–water partition coefficient (Wildman–Crippen LogP) is 1.92. The van der Waals surface area contributed by atoms with Crippen molar-refractivity contribution in [1.29, 1.82) is 0 Å². The highest BCUT2D eigenvalue weighted by Gasteiger charge is 2.26. The van der Waals surface area contributed by atoms with E-state index in [1.54, 1.807) is 19.5 Å². The average Bonchev–Trinajstić information content (AvgIpc) is 3.14. The molecule has 1 aliphatic heterocycles. The lowest BCUT2D eigenvalue weighted by Gasteiger charge is -2.32. The molecule has 2 aromatic rings. The van der Waals surface area contributed by atoms with Gasteiger partial charge < -0.3 is 14.6 Å². The van der Waals surface area contributed by atoms with Crippen LogP contribution in [-0.2, 0) is 9.53 Å². The number of carbonyl (C=O) groups is 1. The van der Waals surface area contributed by atoms with Crippen LogP contribution < -0.4 is 0 Å². The molecule has 0 bridgehead atoms. The van der Waals surface area contributed by atoms with Crippen molar-refractivity contribution in [2.24, 2.45) is 0 Å². The van der Waals surface area contributed by atoms with E-state index in [0.717, 1.165) is 42.4 Å². The van der Waals surface area contributed by atoms with Crippen molar-refractivity contribution in [3.8, 4) is 11.5 Å². The molecule has 0 aliphatic carbocycles. The molecule has 24 heavy (non-hydrogen) atoms. The van der Waals surface area contributed by atoms with Gasteiger partial charge >= 0.3 is 0 Å². The van der Waals surface area contributed by atoms with E-state index in [9.17, 15) is 4.79 Å². The summed E-state index contributed by atoms with van der Waals surface area (Å²) in [5, 5.41) is 0. The first-order valence-corrected chi connectivity index (χ1v) is 8.29. The second kappa shape index (κ2) is 7.53. The van der Waals surface area contributed by atoms with Crippen molar-refractivity contribution in [2.45, 2.75) is 32.1 Å². The van der Waals surface area contributed by atoms with Crippen molar-refractivity contribution in [3.63, 3.8) is 0 Å². The zero-order chi connectivity index (χ0) is 16.9. The van der Waals surface area contributed by atoms with Crippen LogP contribution in [0.4, 0.5) is 0 Å². The number of hydrogen-bond donors (Lipinski definition) is 1. The lowest BCUT2D eigenvalue weighted by Crippen LogP contribution is -2.39. The standard InChI is InChI=1S/C17H23N5O2/c1-12-20-14(10-15(21-12)17-18-6-7-19-17)13-4-3-8-22(11-13)16(23)5-9-24-2/h6-7,10,13H,3-5,8-9,11H2,1-2H3,(H,18,19)/t13-/m0/s1. The van der Waals surface area contributed by atoms with E-state index in [1.165, 1.54) is 0 Å². The minimum Gasteiger partial charge on any atom is -0.384 e. The highest BCUT2D eigenvalue weighted by atomic mass is 16.5. The summed E-state index contributed by atoms with van der Waals surface area (Å²) in [5.41, 5.74) is 1.78. The summed E-state index contributed by atoms with van der Waals surface area (Å²) in [7, 11) is 1.62. The van der Waals surface area contributed by atoms with Gasteiger partial charge in [0.05, 0.1) is 13.0 Å². The van der Waals surface area contributed by atoms with Crippen LogP contribution in [-0.4, -0.2) is 57.5 Å². The Morgan fingerprint density at radius 2 is 2.33 bits per heavy atom. The van der Waals surface area contributed by atoms with Crippen LogP contribution in [0.25, 0.3) is 11.5 Å². The quantitative estimate of drug-likeness (QED) is 0.906. The van der Waals surface area contributed by atoms with Crippen molar-refractivity contribution < 1.29 is 9.53 Å². The van der Waals surface area contributed by atoms with Gasteiger partial charge in [0.1, 0.15) is 11.5 Å². The first-order chi connectivity index (χ1) is 11.7. The summed E-state index contributed by atoms with van der Waals surface area (Å²) in [4.78, 5) is 30.6. The molecule has 0 aromatic carbocycles.